The summed E-state index contributed by atoms with van der Waals surface area (Å²) < 4.78 is 0. The summed E-state index contributed by atoms with van der Waals surface area (Å²) in [5.41, 5.74) is 0. The summed E-state index contributed by atoms with van der Waals surface area (Å²) in [5, 5.41) is 25.7. The molecule has 0 saturated heterocycles. The second kappa shape index (κ2) is 3.82. The van der Waals surface area contributed by atoms with E-state index >= 15 is 0 Å². The van der Waals surface area contributed by atoms with E-state index in [9.17, 15) is 0 Å². The van der Waals surface area contributed by atoms with Crippen LogP contribution in [-0.2, 0) is 0 Å². The van der Waals surface area contributed by atoms with Gasteiger partial charge in [0, 0.05) is 6.42 Å². The highest BCUT2D eigenvalue weighted by Crippen LogP contribution is 2.06. The SMILES string of the molecule is CC(C)C(O)CC(O)O. The van der Waals surface area contributed by atoms with Gasteiger partial charge in [0.15, 0.2) is 6.29 Å². The molecule has 0 aliphatic rings. The van der Waals surface area contributed by atoms with Gasteiger partial charge in [-0.25, -0.2) is 0 Å². The summed E-state index contributed by atoms with van der Waals surface area (Å²) in [5.74, 6) is 0.0896. The molecule has 1 atom stereocenters. The van der Waals surface area contributed by atoms with E-state index in [-0.39, 0.29) is 12.3 Å². The first-order chi connectivity index (χ1) is 4.04. The Hall–Kier alpha value is -0.120. The summed E-state index contributed by atoms with van der Waals surface area (Å²) in [6.45, 7) is 3.65. The van der Waals surface area contributed by atoms with Crippen molar-refractivity contribution in [3.63, 3.8) is 0 Å². The van der Waals surface area contributed by atoms with Crippen LogP contribution in [0.15, 0.2) is 0 Å². The fourth-order valence-electron chi connectivity index (χ4n) is 0.488. The molecule has 56 valence electrons. The second-order valence-corrected chi connectivity index (χ2v) is 2.53. The van der Waals surface area contributed by atoms with Gasteiger partial charge in [0.05, 0.1) is 6.10 Å². The molecule has 0 aliphatic heterocycles. The van der Waals surface area contributed by atoms with Crippen LogP contribution >= 0.6 is 0 Å². The van der Waals surface area contributed by atoms with Crippen LogP contribution < -0.4 is 0 Å². The Morgan fingerprint density at radius 2 is 1.56 bits per heavy atom. The van der Waals surface area contributed by atoms with Crippen LogP contribution in [0.5, 0.6) is 0 Å². The van der Waals surface area contributed by atoms with Crippen LogP contribution in [0, 0.1) is 5.92 Å². The topological polar surface area (TPSA) is 60.7 Å². The van der Waals surface area contributed by atoms with E-state index in [1.165, 1.54) is 0 Å². The van der Waals surface area contributed by atoms with Crippen molar-refractivity contribution < 1.29 is 15.3 Å². The number of aliphatic hydroxyl groups is 3. The number of rotatable bonds is 3. The van der Waals surface area contributed by atoms with Crippen molar-refractivity contribution in [2.45, 2.75) is 32.7 Å². The lowest BCUT2D eigenvalue weighted by atomic mass is 10.0. The number of hydrogen-bond donors (Lipinski definition) is 3. The summed E-state index contributed by atoms with van der Waals surface area (Å²) in [4.78, 5) is 0. The molecule has 3 nitrogen and oxygen atoms in total. The predicted octanol–water partition coefficient (Wildman–Crippen LogP) is -0.296. The highest BCUT2D eigenvalue weighted by molar-refractivity contribution is 4.59. The van der Waals surface area contributed by atoms with E-state index in [4.69, 9.17) is 15.3 Å². The minimum Gasteiger partial charge on any atom is -0.393 e. The minimum absolute atomic E-state index is 0.0394. The van der Waals surface area contributed by atoms with Gasteiger partial charge in [-0.2, -0.15) is 0 Å². The average molecular weight is 134 g/mol. The standard InChI is InChI=1S/C6H14O3/c1-4(2)5(7)3-6(8)9/h4-9H,3H2,1-2H3. The molecule has 0 aliphatic carbocycles. The van der Waals surface area contributed by atoms with Crippen molar-refractivity contribution >= 4 is 0 Å². The van der Waals surface area contributed by atoms with Gasteiger partial charge in [0.2, 0.25) is 0 Å². The Labute approximate surface area is 54.9 Å². The van der Waals surface area contributed by atoms with Crippen LogP contribution in [0.3, 0.4) is 0 Å². The van der Waals surface area contributed by atoms with Crippen LogP contribution in [-0.4, -0.2) is 27.7 Å². The van der Waals surface area contributed by atoms with E-state index < -0.39 is 12.4 Å². The Morgan fingerprint density at radius 3 is 1.67 bits per heavy atom. The summed E-state index contributed by atoms with van der Waals surface area (Å²) in [6, 6.07) is 0. The zero-order valence-corrected chi connectivity index (χ0v) is 5.78. The molecule has 3 N–H and O–H groups in total. The Balaban J connectivity index is 3.38. The van der Waals surface area contributed by atoms with Crippen molar-refractivity contribution in [1.82, 2.24) is 0 Å². The quantitative estimate of drug-likeness (QED) is 0.464. The zero-order valence-electron chi connectivity index (χ0n) is 5.78. The molecule has 0 saturated carbocycles. The summed E-state index contributed by atoms with van der Waals surface area (Å²) in [6.07, 6.45) is -1.95. The van der Waals surface area contributed by atoms with Gasteiger partial charge in [-0.05, 0) is 5.92 Å². The van der Waals surface area contributed by atoms with E-state index in [0.717, 1.165) is 0 Å². The summed E-state index contributed by atoms with van der Waals surface area (Å²) in [7, 11) is 0. The highest BCUT2D eigenvalue weighted by atomic mass is 16.5. The molecule has 1 unspecified atom stereocenters. The molecule has 3 heteroatoms. The second-order valence-electron chi connectivity index (χ2n) is 2.53. The lowest BCUT2D eigenvalue weighted by molar-refractivity contribution is -0.0766. The molecule has 0 aromatic heterocycles. The lowest BCUT2D eigenvalue weighted by Crippen LogP contribution is -2.21. The van der Waals surface area contributed by atoms with Gasteiger partial charge in [-0.1, -0.05) is 13.8 Å². The minimum atomic E-state index is -1.39. The Morgan fingerprint density at radius 1 is 1.11 bits per heavy atom. The Kier molecular flexibility index (Phi) is 3.77. The lowest BCUT2D eigenvalue weighted by Gasteiger charge is -2.14. The third kappa shape index (κ3) is 4.39. The summed E-state index contributed by atoms with van der Waals surface area (Å²) >= 11 is 0. The van der Waals surface area contributed by atoms with Gasteiger partial charge in [0.1, 0.15) is 0 Å². The van der Waals surface area contributed by atoms with Gasteiger partial charge in [0.25, 0.3) is 0 Å². The normalized spacial score (nSPS) is 15.0. The van der Waals surface area contributed by atoms with Crippen LogP contribution in [0.25, 0.3) is 0 Å². The molecule has 0 amide bonds. The van der Waals surface area contributed by atoms with E-state index in [0.29, 0.717) is 0 Å². The van der Waals surface area contributed by atoms with Gasteiger partial charge in [-0.15, -0.1) is 0 Å². The van der Waals surface area contributed by atoms with Crippen molar-refractivity contribution in [2.24, 2.45) is 5.92 Å². The molecule has 0 fully saturated rings. The molecule has 0 heterocycles. The maximum atomic E-state index is 8.98. The molecule has 9 heavy (non-hydrogen) atoms. The number of hydrogen-bond acceptors (Lipinski definition) is 3. The molecule has 0 spiro atoms. The maximum absolute atomic E-state index is 8.98. The molecule has 0 aromatic rings. The van der Waals surface area contributed by atoms with E-state index in [1.54, 1.807) is 0 Å². The van der Waals surface area contributed by atoms with Gasteiger partial charge < -0.3 is 15.3 Å². The van der Waals surface area contributed by atoms with Gasteiger partial charge >= 0.3 is 0 Å². The Bertz CT molecular complexity index is 70.7. The van der Waals surface area contributed by atoms with Crippen molar-refractivity contribution in [2.75, 3.05) is 0 Å². The fraction of sp³-hybridized carbons (Fsp3) is 1.00. The van der Waals surface area contributed by atoms with Crippen molar-refractivity contribution in [3.05, 3.63) is 0 Å². The molecule has 0 radical (unpaired) electrons. The first-order valence-electron chi connectivity index (χ1n) is 3.08. The van der Waals surface area contributed by atoms with Crippen molar-refractivity contribution in [3.8, 4) is 0 Å². The first-order valence-corrected chi connectivity index (χ1v) is 3.08. The highest BCUT2D eigenvalue weighted by Gasteiger charge is 2.11. The monoisotopic (exact) mass is 134 g/mol. The molecule has 0 rings (SSSR count). The molecular formula is C6H14O3. The fourth-order valence-corrected chi connectivity index (χ4v) is 0.488. The van der Waals surface area contributed by atoms with Crippen LogP contribution in [0.1, 0.15) is 20.3 Å². The molecule has 0 bridgehead atoms. The molecule has 0 aromatic carbocycles. The predicted molar refractivity (Wildman–Crippen MR) is 33.7 cm³/mol. The third-order valence-electron chi connectivity index (χ3n) is 1.22. The van der Waals surface area contributed by atoms with Crippen LogP contribution in [0.4, 0.5) is 0 Å². The van der Waals surface area contributed by atoms with E-state index in [1.807, 2.05) is 13.8 Å². The average Bonchev–Trinajstić information content (AvgIpc) is 1.63. The van der Waals surface area contributed by atoms with Crippen molar-refractivity contribution in [1.29, 1.82) is 0 Å². The first kappa shape index (κ1) is 8.88. The molecular weight excluding hydrogens is 120 g/mol. The van der Waals surface area contributed by atoms with Crippen LogP contribution in [0.2, 0.25) is 0 Å². The smallest absolute Gasteiger partial charge is 0.153 e. The largest absolute Gasteiger partial charge is 0.393 e. The maximum Gasteiger partial charge on any atom is 0.153 e. The third-order valence-corrected chi connectivity index (χ3v) is 1.22. The number of aliphatic hydroxyl groups excluding tert-OH is 2. The van der Waals surface area contributed by atoms with Gasteiger partial charge in [-0.3, -0.25) is 0 Å². The van der Waals surface area contributed by atoms with E-state index in [2.05, 4.69) is 0 Å². The zero-order chi connectivity index (χ0) is 7.44.